The Bertz CT molecular complexity index is 1150. The normalized spacial score (nSPS) is 13.1. The van der Waals surface area contributed by atoms with Crippen molar-refractivity contribution < 1.29 is 42.6 Å². The van der Waals surface area contributed by atoms with Gasteiger partial charge in [0.25, 0.3) is 5.91 Å². The molecule has 0 unspecified atom stereocenters. The molecule has 2 amide bonds. The van der Waals surface area contributed by atoms with Gasteiger partial charge >= 0.3 is 18.1 Å². The summed E-state index contributed by atoms with van der Waals surface area (Å²) in [6.45, 7) is 0.492. The Balaban J connectivity index is 0.000000572. The van der Waals surface area contributed by atoms with Crippen LogP contribution in [0.1, 0.15) is 27.9 Å². The molecule has 11 nitrogen and oxygen atoms in total. The second-order valence-electron chi connectivity index (χ2n) is 7.34. The number of nitrogens with zero attached hydrogens (tertiary/aromatic N) is 2. The van der Waals surface area contributed by atoms with Gasteiger partial charge in [-0.25, -0.2) is 4.79 Å². The minimum absolute atomic E-state index is 0.0940. The van der Waals surface area contributed by atoms with Crippen LogP contribution in [0, 0.1) is 0 Å². The number of carbonyl (C=O) groups excluding carboxylic acids is 2. The van der Waals surface area contributed by atoms with E-state index in [1.54, 1.807) is 42.5 Å². The summed E-state index contributed by atoms with van der Waals surface area (Å²) in [5.74, 6) is 0.947. The Morgan fingerprint density at radius 3 is 2.33 bits per heavy atom. The molecule has 0 fully saturated rings. The molecular weight excluding hydrogens is 487 g/mol. The van der Waals surface area contributed by atoms with Gasteiger partial charge in [0.2, 0.25) is 5.91 Å². The lowest BCUT2D eigenvalue weighted by Gasteiger charge is -2.19. The number of alkyl halides is 3. The van der Waals surface area contributed by atoms with E-state index in [-0.39, 0.29) is 37.9 Å². The van der Waals surface area contributed by atoms with E-state index < -0.39 is 18.1 Å². The van der Waals surface area contributed by atoms with E-state index in [1.807, 2.05) is 0 Å². The van der Waals surface area contributed by atoms with Crippen molar-refractivity contribution in [2.75, 3.05) is 23.7 Å². The van der Waals surface area contributed by atoms with E-state index in [2.05, 4.69) is 15.7 Å². The molecule has 0 aromatic heterocycles. The average Bonchev–Trinajstić information content (AvgIpc) is 2.96. The van der Waals surface area contributed by atoms with Crippen molar-refractivity contribution in [2.24, 2.45) is 10.9 Å². The number of amides is 2. The number of carbonyl (C=O) groups is 4. The first-order chi connectivity index (χ1) is 16.9. The van der Waals surface area contributed by atoms with Crippen LogP contribution in [-0.4, -0.2) is 64.3 Å². The summed E-state index contributed by atoms with van der Waals surface area (Å²) in [7, 11) is 0. The van der Waals surface area contributed by atoms with Gasteiger partial charge < -0.3 is 31.6 Å². The Hall–Kier alpha value is -4.62. The highest BCUT2D eigenvalue weighted by Gasteiger charge is 2.38. The first kappa shape index (κ1) is 27.6. The predicted octanol–water partition coefficient (Wildman–Crippen LogP) is 2.09. The summed E-state index contributed by atoms with van der Waals surface area (Å²) in [4.78, 5) is 45.9. The zero-order valence-corrected chi connectivity index (χ0v) is 18.6. The van der Waals surface area contributed by atoms with Gasteiger partial charge in [0.15, 0.2) is 0 Å². The number of halogens is 3. The summed E-state index contributed by atoms with van der Waals surface area (Å²) in [5, 5.41) is 25.3. The van der Waals surface area contributed by atoms with Crippen LogP contribution in [0.15, 0.2) is 47.6 Å². The maximum absolute atomic E-state index is 12.5. The summed E-state index contributed by atoms with van der Waals surface area (Å²) < 4.78 is 31.7. The Morgan fingerprint density at radius 1 is 1.14 bits per heavy atom. The van der Waals surface area contributed by atoms with Gasteiger partial charge in [0.05, 0.1) is 19.2 Å². The lowest BCUT2D eigenvalue weighted by Crippen LogP contribution is -2.34. The van der Waals surface area contributed by atoms with Gasteiger partial charge in [-0.1, -0.05) is 12.1 Å². The lowest BCUT2D eigenvalue weighted by atomic mass is 10.1. The van der Waals surface area contributed by atoms with Crippen LogP contribution in [0.4, 0.5) is 24.5 Å². The molecule has 0 bridgehead atoms. The van der Waals surface area contributed by atoms with Gasteiger partial charge in [-0.2, -0.15) is 18.3 Å². The minimum atomic E-state index is -5.08. The van der Waals surface area contributed by atoms with E-state index in [1.165, 1.54) is 11.1 Å². The Labute approximate surface area is 202 Å². The Morgan fingerprint density at radius 2 is 1.78 bits per heavy atom. The van der Waals surface area contributed by atoms with Crippen molar-refractivity contribution in [1.29, 1.82) is 0 Å². The van der Waals surface area contributed by atoms with Crippen molar-refractivity contribution in [1.82, 2.24) is 4.90 Å². The number of aliphatic carboxylic acids is 2. The molecule has 192 valence electrons. The third kappa shape index (κ3) is 8.30. The topological polar surface area (TPSA) is 174 Å². The summed E-state index contributed by atoms with van der Waals surface area (Å²) in [5.41, 5.74) is 3.42. The fourth-order valence-corrected chi connectivity index (χ4v) is 3.00. The largest absolute Gasteiger partial charge is 0.490 e. The minimum Gasteiger partial charge on any atom is -0.481 e. The average molecular weight is 509 g/mol. The van der Waals surface area contributed by atoms with Crippen LogP contribution < -0.4 is 16.5 Å². The maximum atomic E-state index is 12.5. The number of nitrogens with one attached hydrogen (secondary N) is 2. The van der Waals surface area contributed by atoms with Gasteiger partial charge in [0, 0.05) is 30.0 Å². The first-order valence-electron chi connectivity index (χ1n) is 10.2. The van der Waals surface area contributed by atoms with Crippen LogP contribution >= 0.6 is 0 Å². The second-order valence-corrected chi connectivity index (χ2v) is 7.34. The number of fused-ring (bicyclic) bond motifs is 1. The number of carboxylic acids is 2. The van der Waals surface area contributed by atoms with Gasteiger partial charge in [-0.3, -0.25) is 14.4 Å². The second kappa shape index (κ2) is 12.2. The molecule has 0 saturated heterocycles. The quantitative estimate of drug-likeness (QED) is 0.223. The van der Waals surface area contributed by atoms with E-state index in [0.717, 1.165) is 16.8 Å². The number of hydrogen-bond acceptors (Lipinski definition) is 7. The molecule has 6 N–H and O–H groups in total. The Kier molecular flexibility index (Phi) is 9.35. The van der Waals surface area contributed by atoms with Crippen molar-refractivity contribution in [3.8, 4) is 0 Å². The molecule has 1 heterocycles. The molecule has 0 aliphatic carbocycles. The third-order valence-corrected chi connectivity index (χ3v) is 4.74. The number of hydrogen-bond donors (Lipinski definition) is 5. The van der Waals surface area contributed by atoms with Crippen molar-refractivity contribution in [3.63, 3.8) is 0 Å². The van der Waals surface area contributed by atoms with Crippen molar-refractivity contribution in [2.45, 2.75) is 19.1 Å². The van der Waals surface area contributed by atoms with Crippen LogP contribution in [0.25, 0.3) is 0 Å². The van der Waals surface area contributed by atoms with Crippen molar-refractivity contribution >= 4 is 41.3 Å². The molecule has 3 rings (SSSR count). The SMILES string of the molecule is NN=Cc1ccc(C(=O)Nc2ccc3c(c2)CN(CCC(=O)O)C(=O)CN3)cc1.O=C(O)C(F)(F)F. The number of rotatable bonds is 6. The standard InChI is InChI=1S/C20H21N5O4.C2HF3O2/c21-23-10-13-1-3-14(4-2-13)20(29)24-16-5-6-17-15(9-16)12-25(8-7-19(27)28)18(26)11-22-17;3-2(4,5)1(6)7/h1-6,9-10,22H,7-8,11-12,21H2,(H,24,29)(H,27,28);(H,6,7). The molecular formula is C22H22F3N5O6. The molecule has 0 atom stereocenters. The number of nitrogens with two attached hydrogens (primary N) is 1. The summed E-state index contributed by atoms with van der Waals surface area (Å²) in [6.07, 6.45) is -3.72. The molecule has 2 aromatic rings. The first-order valence-corrected chi connectivity index (χ1v) is 10.2. The molecule has 14 heteroatoms. The molecule has 1 aliphatic heterocycles. The van der Waals surface area contributed by atoms with Crippen LogP contribution in [-0.2, 0) is 20.9 Å². The molecule has 1 aliphatic rings. The highest BCUT2D eigenvalue weighted by molar-refractivity contribution is 6.04. The van der Waals surface area contributed by atoms with E-state index >= 15 is 0 Å². The monoisotopic (exact) mass is 509 g/mol. The van der Waals surface area contributed by atoms with E-state index in [9.17, 15) is 27.6 Å². The number of hydrazone groups is 1. The zero-order valence-electron chi connectivity index (χ0n) is 18.6. The summed E-state index contributed by atoms with van der Waals surface area (Å²) in [6, 6.07) is 12.1. The highest BCUT2D eigenvalue weighted by Crippen LogP contribution is 2.25. The molecule has 36 heavy (non-hydrogen) atoms. The predicted molar refractivity (Wildman–Crippen MR) is 122 cm³/mol. The zero-order chi connectivity index (χ0) is 26.9. The van der Waals surface area contributed by atoms with Gasteiger partial charge in [-0.05, 0) is 41.5 Å². The van der Waals surface area contributed by atoms with E-state index in [4.69, 9.17) is 20.9 Å². The van der Waals surface area contributed by atoms with Crippen LogP contribution in [0.3, 0.4) is 0 Å². The molecule has 0 radical (unpaired) electrons. The van der Waals surface area contributed by atoms with Gasteiger partial charge in [-0.15, -0.1) is 0 Å². The fourth-order valence-electron chi connectivity index (χ4n) is 3.00. The van der Waals surface area contributed by atoms with Crippen LogP contribution in [0.5, 0.6) is 0 Å². The summed E-state index contributed by atoms with van der Waals surface area (Å²) >= 11 is 0. The molecule has 2 aromatic carbocycles. The highest BCUT2D eigenvalue weighted by atomic mass is 19.4. The number of anilines is 2. The molecule has 0 spiro atoms. The number of benzene rings is 2. The number of carboxylic acid groups (broad SMARTS) is 2. The molecule has 0 saturated carbocycles. The van der Waals surface area contributed by atoms with Gasteiger partial charge in [0.1, 0.15) is 0 Å². The maximum Gasteiger partial charge on any atom is 0.490 e. The third-order valence-electron chi connectivity index (χ3n) is 4.74. The smallest absolute Gasteiger partial charge is 0.481 e. The van der Waals surface area contributed by atoms with E-state index in [0.29, 0.717) is 11.3 Å². The van der Waals surface area contributed by atoms with Crippen molar-refractivity contribution in [3.05, 3.63) is 59.2 Å². The lowest BCUT2D eigenvalue weighted by molar-refractivity contribution is -0.192. The van der Waals surface area contributed by atoms with Crippen LogP contribution in [0.2, 0.25) is 0 Å². The fraction of sp³-hybridized carbons (Fsp3) is 0.227.